The maximum absolute atomic E-state index is 11.3. The first-order chi connectivity index (χ1) is 9.60. The molecule has 1 amide bonds. The van der Waals surface area contributed by atoms with Gasteiger partial charge in [0.05, 0.1) is 0 Å². The van der Waals surface area contributed by atoms with Gasteiger partial charge in [-0.3, -0.25) is 4.79 Å². The molecule has 0 spiro atoms. The molecule has 2 atom stereocenters. The van der Waals surface area contributed by atoms with Gasteiger partial charge >= 0.3 is 0 Å². The highest BCUT2D eigenvalue weighted by Crippen LogP contribution is 2.27. The van der Waals surface area contributed by atoms with Gasteiger partial charge in [0.1, 0.15) is 11.9 Å². The van der Waals surface area contributed by atoms with Crippen LogP contribution in [0.3, 0.4) is 0 Å². The van der Waals surface area contributed by atoms with Crippen molar-refractivity contribution in [3.05, 3.63) is 23.8 Å². The van der Waals surface area contributed by atoms with E-state index in [1.165, 1.54) is 0 Å². The van der Waals surface area contributed by atoms with Crippen LogP contribution in [0, 0.1) is 0 Å². The first kappa shape index (κ1) is 14.9. The van der Waals surface area contributed by atoms with Crippen LogP contribution in [-0.4, -0.2) is 24.6 Å². The van der Waals surface area contributed by atoms with Crippen molar-refractivity contribution < 1.29 is 9.53 Å². The maximum Gasteiger partial charge on any atom is 0.224 e. The van der Waals surface area contributed by atoms with E-state index in [0.717, 1.165) is 36.4 Å². The van der Waals surface area contributed by atoms with Crippen molar-refractivity contribution in [1.82, 2.24) is 5.32 Å². The monoisotopic (exact) mass is 276 g/mol. The van der Waals surface area contributed by atoms with E-state index >= 15 is 0 Å². The van der Waals surface area contributed by atoms with E-state index in [1.807, 2.05) is 18.2 Å². The molecule has 1 aromatic carbocycles. The second-order valence-electron chi connectivity index (χ2n) is 5.43. The summed E-state index contributed by atoms with van der Waals surface area (Å²) in [6.07, 6.45) is 2.57. The van der Waals surface area contributed by atoms with Crippen LogP contribution in [0.25, 0.3) is 0 Å². The van der Waals surface area contributed by atoms with Crippen LogP contribution in [-0.2, 0) is 11.2 Å². The van der Waals surface area contributed by atoms with Crippen molar-refractivity contribution in [2.24, 2.45) is 0 Å². The minimum atomic E-state index is 0.0944. The van der Waals surface area contributed by atoms with Crippen LogP contribution in [0.2, 0.25) is 0 Å². The highest BCUT2D eigenvalue weighted by molar-refractivity contribution is 5.93. The number of carbonyl (C=O) groups is 1. The summed E-state index contributed by atoms with van der Waals surface area (Å²) in [5.74, 6) is 0.967. The van der Waals surface area contributed by atoms with Gasteiger partial charge in [0, 0.05) is 18.2 Å². The summed E-state index contributed by atoms with van der Waals surface area (Å²) in [6.45, 7) is 7.38. The second kappa shape index (κ2) is 6.75. The molecule has 2 unspecified atom stereocenters. The Morgan fingerprint density at radius 3 is 2.90 bits per heavy atom. The number of carbonyl (C=O) groups excluding carboxylic acids is 1. The highest BCUT2D eigenvalue weighted by Gasteiger charge is 2.17. The van der Waals surface area contributed by atoms with Gasteiger partial charge in [-0.2, -0.15) is 0 Å². The number of amides is 1. The fourth-order valence-electron chi connectivity index (χ4n) is 2.29. The van der Waals surface area contributed by atoms with Gasteiger partial charge in [-0.05, 0) is 57.0 Å². The lowest BCUT2D eigenvalue weighted by Gasteiger charge is -2.24. The molecule has 110 valence electrons. The third-order valence-corrected chi connectivity index (χ3v) is 3.71. The molecule has 2 N–H and O–H groups in total. The standard InChI is InChI=1S/C16H24N2O2/c1-4-9-17-11(2)12(3)20-14-6-7-15-13(10-14)5-8-16(19)18-15/h6-7,10-12,17H,4-5,8-9H2,1-3H3,(H,18,19). The summed E-state index contributed by atoms with van der Waals surface area (Å²) in [6, 6.07) is 6.20. The predicted octanol–water partition coefficient (Wildman–Crippen LogP) is 2.73. The van der Waals surface area contributed by atoms with Gasteiger partial charge in [0.2, 0.25) is 5.91 Å². The molecule has 4 nitrogen and oxygen atoms in total. The summed E-state index contributed by atoms with van der Waals surface area (Å²) in [7, 11) is 0. The molecule has 1 aromatic rings. The Morgan fingerprint density at radius 1 is 1.35 bits per heavy atom. The molecule has 0 radical (unpaired) electrons. The zero-order valence-electron chi connectivity index (χ0n) is 12.5. The first-order valence-corrected chi connectivity index (χ1v) is 7.43. The molecule has 0 aromatic heterocycles. The third-order valence-electron chi connectivity index (χ3n) is 3.71. The van der Waals surface area contributed by atoms with Gasteiger partial charge in [0.25, 0.3) is 0 Å². The van der Waals surface area contributed by atoms with Gasteiger partial charge in [0.15, 0.2) is 0 Å². The molecule has 4 heteroatoms. The van der Waals surface area contributed by atoms with E-state index in [2.05, 4.69) is 31.4 Å². The van der Waals surface area contributed by atoms with Crippen LogP contribution >= 0.6 is 0 Å². The van der Waals surface area contributed by atoms with E-state index in [0.29, 0.717) is 12.5 Å². The molecule has 0 fully saturated rings. The Morgan fingerprint density at radius 2 is 2.15 bits per heavy atom. The average Bonchev–Trinajstić information content (AvgIpc) is 2.44. The van der Waals surface area contributed by atoms with Crippen molar-refractivity contribution in [3.8, 4) is 5.75 Å². The highest BCUT2D eigenvalue weighted by atomic mass is 16.5. The van der Waals surface area contributed by atoms with Gasteiger partial charge < -0.3 is 15.4 Å². The van der Waals surface area contributed by atoms with Crippen molar-refractivity contribution in [1.29, 1.82) is 0 Å². The van der Waals surface area contributed by atoms with Gasteiger partial charge in [-0.15, -0.1) is 0 Å². The van der Waals surface area contributed by atoms with Crippen LogP contribution < -0.4 is 15.4 Å². The van der Waals surface area contributed by atoms with Crippen molar-refractivity contribution in [3.63, 3.8) is 0 Å². The van der Waals surface area contributed by atoms with Crippen LogP contribution in [0.1, 0.15) is 39.2 Å². The van der Waals surface area contributed by atoms with Crippen LogP contribution in [0.15, 0.2) is 18.2 Å². The lowest BCUT2D eigenvalue weighted by Crippen LogP contribution is -2.39. The molecule has 1 aliphatic heterocycles. The number of hydrogen-bond donors (Lipinski definition) is 2. The Bertz CT molecular complexity index is 474. The summed E-state index contributed by atoms with van der Waals surface area (Å²) in [5, 5.41) is 6.32. The van der Waals surface area contributed by atoms with Gasteiger partial charge in [-0.25, -0.2) is 0 Å². The van der Waals surface area contributed by atoms with Crippen molar-refractivity contribution in [2.75, 3.05) is 11.9 Å². The number of anilines is 1. The van der Waals surface area contributed by atoms with Crippen molar-refractivity contribution >= 4 is 11.6 Å². The number of rotatable bonds is 6. The summed E-state index contributed by atoms with van der Waals surface area (Å²) >= 11 is 0. The van der Waals surface area contributed by atoms with E-state index in [-0.39, 0.29) is 12.0 Å². The third kappa shape index (κ3) is 3.73. The molecular weight excluding hydrogens is 252 g/mol. The Hall–Kier alpha value is -1.55. The smallest absolute Gasteiger partial charge is 0.224 e. The van der Waals surface area contributed by atoms with E-state index < -0.39 is 0 Å². The lowest BCUT2D eigenvalue weighted by molar-refractivity contribution is -0.116. The Labute approximate surface area is 120 Å². The fourth-order valence-corrected chi connectivity index (χ4v) is 2.29. The van der Waals surface area contributed by atoms with Crippen molar-refractivity contribution in [2.45, 2.75) is 52.2 Å². The Kier molecular flexibility index (Phi) is 5.01. The number of benzene rings is 1. The normalized spacial score (nSPS) is 17.1. The zero-order valence-corrected chi connectivity index (χ0v) is 12.5. The molecule has 2 rings (SSSR count). The van der Waals surface area contributed by atoms with Gasteiger partial charge in [-0.1, -0.05) is 6.92 Å². The second-order valence-corrected chi connectivity index (χ2v) is 5.43. The van der Waals surface area contributed by atoms with E-state index in [9.17, 15) is 4.79 Å². The number of hydrogen-bond acceptors (Lipinski definition) is 3. The number of aryl methyl sites for hydroxylation is 1. The SMILES string of the molecule is CCCNC(C)C(C)Oc1ccc2c(c1)CCC(=O)N2. The molecule has 20 heavy (non-hydrogen) atoms. The summed E-state index contributed by atoms with van der Waals surface area (Å²) in [4.78, 5) is 11.3. The number of ether oxygens (including phenoxy) is 1. The van der Waals surface area contributed by atoms with Crippen LogP contribution in [0.5, 0.6) is 5.75 Å². The lowest BCUT2D eigenvalue weighted by atomic mass is 10.0. The number of fused-ring (bicyclic) bond motifs is 1. The number of nitrogens with one attached hydrogen (secondary N) is 2. The average molecular weight is 276 g/mol. The summed E-state index contributed by atoms with van der Waals surface area (Å²) < 4.78 is 5.99. The molecule has 0 aliphatic carbocycles. The minimum absolute atomic E-state index is 0.0944. The largest absolute Gasteiger partial charge is 0.489 e. The molecule has 0 bridgehead atoms. The zero-order chi connectivity index (χ0) is 14.5. The Balaban J connectivity index is 1.98. The minimum Gasteiger partial charge on any atom is -0.489 e. The summed E-state index contributed by atoms with van der Waals surface area (Å²) in [5.41, 5.74) is 2.07. The topological polar surface area (TPSA) is 50.4 Å². The molecule has 0 saturated carbocycles. The fraction of sp³-hybridized carbons (Fsp3) is 0.562. The molecular formula is C16H24N2O2. The van der Waals surface area contributed by atoms with Crippen LogP contribution in [0.4, 0.5) is 5.69 Å². The maximum atomic E-state index is 11.3. The van der Waals surface area contributed by atoms with E-state index in [1.54, 1.807) is 0 Å². The van der Waals surface area contributed by atoms with E-state index in [4.69, 9.17) is 4.74 Å². The molecule has 0 saturated heterocycles. The first-order valence-electron chi connectivity index (χ1n) is 7.43. The predicted molar refractivity (Wildman–Crippen MR) is 81.2 cm³/mol. The molecule has 1 heterocycles. The molecule has 1 aliphatic rings. The quantitative estimate of drug-likeness (QED) is 0.840.